The van der Waals surface area contributed by atoms with E-state index in [0.717, 1.165) is 25.9 Å². The fourth-order valence-corrected chi connectivity index (χ4v) is 1.27. The Morgan fingerprint density at radius 3 is 2.64 bits per heavy atom. The van der Waals surface area contributed by atoms with Crippen LogP contribution in [0, 0.1) is 0 Å². The summed E-state index contributed by atoms with van der Waals surface area (Å²) in [6, 6.07) is 10.5. The van der Waals surface area contributed by atoms with Crippen molar-refractivity contribution in [2.24, 2.45) is 0 Å². The summed E-state index contributed by atoms with van der Waals surface area (Å²) in [6.45, 7) is 8.07. The largest absolute Gasteiger partial charge is 0.313 e. The molecule has 0 saturated heterocycles. The first-order valence-corrected chi connectivity index (χ1v) is 5.24. The monoisotopic (exact) mass is 189 g/mol. The first-order valence-electron chi connectivity index (χ1n) is 5.24. The van der Waals surface area contributed by atoms with E-state index < -0.39 is 0 Å². The van der Waals surface area contributed by atoms with Gasteiger partial charge in [-0.3, -0.25) is 0 Å². The summed E-state index contributed by atoms with van der Waals surface area (Å²) in [5.41, 5.74) is 2.67. The molecule has 0 fully saturated rings. The van der Waals surface area contributed by atoms with Gasteiger partial charge in [-0.25, -0.2) is 0 Å². The lowest BCUT2D eigenvalue weighted by Crippen LogP contribution is -2.19. The zero-order chi connectivity index (χ0) is 10.2. The average Bonchev–Trinajstić information content (AvgIpc) is 2.25. The maximum atomic E-state index is 3.96. The van der Waals surface area contributed by atoms with Crippen LogP contribution in [0.3, 0.4) is 0 Å². The Bertz CT molecular complexity index is 264. The molecule has 0 amide bonds. The number of rotatable bonds is 6. The third kappa shape index (κ3) is 4.24. The van der Waals surface area contributed by atoms with Gasteiger partial charge >= 0.3 is 0 Å². The van der Waals surface area contributed by atoms with Gasteiger partial charge in [-0.15, -0.1) is 0 Å². The Hall–Kier alpha value is -1.08. The summed E-state index contributed by atoms with van der Waals surface area (Å²) >= 11 is 0. The molecular formula is C13H19N. The smallest absolute Gasteiger partial charge is 0.0161 e. The van der Waals surface area contributed by atoms with Gasteiger partial charge < -0.3 is 5.32 Å². The molecule has 1 rings (SSSR count). The SMILES string of the molecule is C=C(CC)CNCCc1ccccc1. The molecule has 76 valence electrons. The Morgan fingerprint density at radius 1 is 1.29 bits per heavy atom. The molecule has 1 N–H and O–H groups in total. The minimum Gasteiger partial charge on any atom is -0.313 e. The van der Waals surface area contributed by atoms with Gasteiger partial charge in [0, 0.05) is 6.54 Å². The molecule has 0 aliphatic rings. The van der Waals surface area contributed by atoms with Gasteiger partial charge in [-0.2, -0.15) is 0 Å². The average molecular weight is 189 g/mol. The molecule has 1 aromatic carbocycles. The lowest BCUT2D eigenvalue weighted by molar-refractivity contribution is 0.717. The molecule has 0 bridgehead atoms. The Kier molecular flexibility index (Phi) is 5.02. The number of benzene rings is 1. The number of nitrogens with one attached hydrogen (secondary N) is 1. The van der Waals surface area contributed by atoms with Crippen molar-refractivity contribution in [2.75, 3.05) is 13.1 Å². The van der Waals surface area contributed by atoms with Gasteiger partial charge in [-0.05, 0) is 24.9 Å². The first kappa shape index (κ1) is 11.0. The second-order valence-electron chi connectivity index (χ2n) is 3.52. The van der Waals surface area contributed by atoms with Gasteiger partial charge in [0.15, 0.2) is 0 Å². The molecule has 1 heteroatoms. The molecule has 0 atom stereocenters. The highest BCUT2D eigenvalue weighted by molar-refractivity contribution is 5.14. The third-order valence-electron chi connectivity index (χ3n) is 2.31. The maximum absolute atomic E-state index is 3.96. The van der Waals surface area contributed by atoms with E-state index in [0.29, 0.717) is 0 Å². The summed E-state index contributed by atoms with van der Waals surface area (Å²) in [5, 5.41) is 3.39. The summed E-state index contributed by atoms with van der Waals surface area (Å²) in [4.78, 5) is 0. The van der Waals surface area contributed by atoms with Crippen molar-refractivity contribution in [3.8, 4) is 0 Å². The van der Waals surface area contributed by atoms with Gasteiger partial charge in [0.05, 0.1) is 0 Å². The van der Waals surface area contributed by atoms with Crippen LogP contribution >= 0.6 is 0 Å². The fourth-order valence-electron chi connectivity index (χ4n) is 1.27. The summed E-state index contributed by atoms with van der Waals surface area (Å²) in [5.74, 6) is 0. The van der Waals surface area contributed by atoms with Gasteiger partial charge in [0.1, 0.15) is 0 Å². The summed E-state index contributed by atoms with van der Waals surface area (Å²) in [6.07, 6.45) is 2.16. The van der Waals surface area contributed by atoms with Crippen LogP contribution in [0.2, 0.25) is 0 Å². The van der Waals surface area contributed by atoms with E-state index in [-0.39, 0.29) is 0 Å². The lowest BCUT2D eigenvalue weighted by atomic mass is 10.1. The Balaban J connectivity index is 2.13. The molecule has 1 nitrogen and oxygen atoms in total. The number of hydrogen-bond acceptors (Lipinski definition) is 1. The van der Waals surface area contributed by atoms with Crippen LogP contribution in [0.4, 0.5) is 0 Å². The minimum atomic E-state index is 0.948. The number of hydrogen-bond donors (Lipinski definition) is 1. The molecule has 0 unspecified atom stereocenters. The molecular weight excluding hydrogens is 170 g/mol. The van der Waals surface area contributed by atoms with Crippen molar-refractivity contribution in [1.82, 2.24) is 5.32 Å². The second kappa shape index (κ2) is 6.39. The quantitative estimate of drug-likeness (QED) is 0.536. The maximum Gasteiger partial charge on any atom is 0.0161 e. The van der Waals surface area contributed by atoms with Gasteiger partial charge in [0.25, 0.3) is 0 Å². The van der Waals surface area contributed by atoms with Gasteiger partial charge in [0.2, 0.25) is 0 Å². The van der Waals surface area contributed by atoms with Crippen LogP contribution < -0.4 is 5.32 Å². The lowest BCUT2D eigenvalue weighted by Gasteiger charge is -2.05. The Morgan fingerprint density at radius 2 is 2.00 bits per heavy atom. The predicted molar refractivity (Wildman–Crippen MR) is 62.4 cm³/mol. The van der Waals surface area contributed by atoms with E-state index in [9.17, 15) is 0 Å². The molecule has 0 aromatic heterocycles. The summed E-state index contributed by atoms with van der Waals surface area (Å²) in [7, 11) is 0. The highest BCUT2D eigenvalue weighted by Crippen LogP contribution is 1.98. The standard InChI is InChI=1S/C13H19N/c1-3-12(2)11-14-10-9-13-7-5-4-6-8-13/h4-8,14H,2-3,9-11H2,1H3. The van der Waals surface area contributed by atoms with Crippen molar-refractivity contribution in [1.29, 1.82) is 0 Å². The van der Waals surface area contributed by atoms with Crippen molar-refractivity contribution >= 4 is 0 Å². The predicted octanol–water partition coefficient (Wildman–Crippen LogP) is 2.78. The van der Waals surface area contributed by atoms with Crippen LogP contribution in [0.25, 0.3) is 0 Å². The first-order chi connectivity index (χ1) is 6.83. The molecule has 0 aliphatic carbocycles. The van der Waals surface area contributed by atoms with Crippen LogP contribution in [0.5, 0.6) is 0 Å². The highest BCUT2D eigenvalue weighted by Gasteiger charge is 1.92. The molecule has 1 aromatic rings. The molecule has 0 radical (unpaired) electrons. The summed E-state index contributed by atoms with van der Waals surface area (Å²) < 4.78 is 0. The van der Waals surface area contributed by atoms with Crippen molar-refractivity contribution < 1.29 is 0 Å². The van der Waals surface area contributed by atoms with Gasteiger partial charge in [-0.1, -0.05) is 49.4 Å². The second-order valence-corrected chi connectivity index (χ2v) is 3.52. The molecule has 14 heavy (non-hydrogen) atoms. The minimum absolute atomic E-state index is 0.948. The fraction of sp³-hybridized carbons (Fsp3) is 0.385. The van der Waals surface area contributed by atoms with Crippen molar-refractivity contribution in [3.63, 3.8) is 0 Å². The highest BCUT2D eigenvalue weighted by atomic mass is 14.8. The topological polar surface area (TPSA) is 12.0 Å². The van der Waals surface area contributed by atoms with Crippen LogP contribution in [-0.4, -0.2) is 13.1 Å². The molecule has 0 heterocycles. The van der Waals surface area contributed by atoms with E-state index in [1.54, 1.807) is 0 Å². The van der Waals surface area contributed by atoms with E-state index in [1.165, 1.54) is 11.1 Å². The van der Waals surface area contributed by atoms with Crippen LogP contribution in [0.15, 0.2) is 42.5 Å². The molecule has 0 spiro atoms. The van der Waals surface area contributed by atoms with Crippen molar-refractivity contribution in [2.45, 2.75) is 19.8 Å². The Labute approximate surface area is 86.8 Å². The van der Waals surface area contributed by atoms with Crippen LogP contribution in [0.1, 0.15) is 18.9 Å². The third-order valence-corrected chi connectivity index (χ3v) is 2.31. The zero-order valence-electron chi connectivity index (χ0n) is 8.92. The van der Waals surface area contributed by atoms with Crippen LogP contribution in [-0.2, 0) is 6.42 Å². The van der Waals surface area contributed by atoms with E-state index in [1.807, 2.05) is 0 Å². The zero-order valence-corrected chi connectivity index (χ0v) is 8.92. The van der Waals surface area contributed by atoms with E-state index in [2.05, 4.69) is 49.2 Å². The van der Waals surface area contributed by atoms with E-state index >= 15 is 0 Å². The molecule has 0 saturated carbocycles. The van der Waals surface area contributed by atoms with E-state index in [4.69, 9.17) is 0 Å². The normalized spacial score (nSPS) is 10.1. The molecule has 0 aliphatic heterocycles. The van der Waals surface area contributed by atoms with Crippen molar-refractivity contribution in [3.05, 3.63) is 48.0 Å².